The molecule has 0 bridgehead atoms. The molecular weight excluding hydrogens is 375 g/mol. The number of nitrogens with zero attached hydrogens (tertiary/aromatic N) is 1. The molecule has 1 saturated heterocycles. The summed E-state index contributed by atoms with van der Waals surface area (Å²) in [5.41, 5.74) is 2.65. The van der Waals surface area contributed by atoms with Crippen LogP contribution in [0.4, 0.5) is 13.2 Å². The van der Waals surface area contributed by atoms with Gasteiger partial charge in [0, 0.05) is 38.2 Å². The Hall–Kier alpha value is -2.32. The molecule has 5 nitrogen and oxygen atoms in total. The molecule has 0 radical (unpaired) electrons. The van der Waals surface area contributed by atoms with Gasteiger partial charge in [-0.2, -0.15) is 13.2 Å². The molecule has 0 amide bonds. The zero-order valence-electron chi connectivity index (χ0n) is 15.6. The van der Waals surface area contributed by atoms with Gasteiger partial charge >= 0.3 is 12.1 Å². The number of hydrogen-bond acceptors (Lipinski definition) is 4. The Morgan fingerprint density at radius 1 is 1.25 bits per heavy atom. The van der Waals surface area contributed by atoms with Gasteiger partial charge in [-0.15, -0.1) is 0 Å². The molecule has 0 unspecified atom stereocenters. The Balaban J connectivity index is 0.000000345. The summed E-state index contributed by atoms with van der Waals surface area (Å²) in [5.74, 6) is -2.20. The SMILES string of the molecule is CO[C@H]1CCN(Cc2ccoc2)C[C@@H]1Cc1ccccc1.O=C(O)C(F)(F)F. The first-order valence-corrected chi connectivity index (χ1v) is 8.90. The zero-order valence-corrected chi connectivity index (χ0v) is 15.6. The highest BCUT2D eigenvalue weighted by atomic mass is 19.4. The molecule has 1 N–H and O–H groups in total. The fourth-order valence-corrected chi connectivity index (χ4v) is 3.29. The molecule has 0 spiro atoms. The van der Waals surface area contributed by atoms with Gasteiger partial charge in [0.15, 0.2) is 0 Å². The fourth-order valence-electron chi connectivity index (χ4n) is 3.29. The van der Waals surface area contributed by atoms with E-state index in [2.05, 4.69) is 41.3 Å². The van der Waals surface area contributed by atoms with Crippen LogP contribution in [0.5, 0.6) is 0 Å². The molecule has 2 heterocycles. The van der Waals surface area contributed by atoms with Crippen molar-refractivity contribution in [3.05, 3.63) is 60.1 Å². The number of furan rings is 1. The van der Waals surface area contributed by atoms with E-state index in [1.807, 2.05) is 13.4 Å². The molecule has 154 valence electrons. The number of benzene rings is 1. The van der Waals surface area contributed by atoms with E-state index in [4.69, 9.17) is 19.1 Å². The number of aliphatic carboxylic acids is 1. The zero-order chi connectivity index (χ0) is 20.6. The number of carboxylic acid groups (broad SMARTS) is 1. The summed E-state index contributed by atoms with van der Waals surface area (Å²) >= 11 is 0. The number of halogens is 3. The predicted molar refractivity (Wildman–Crippen MR) is 96.7 cm³/mol. The van der Waals surface area contributed by atoms with Crippen LogP contribution in [-0.4, -0.2) is 48.5 Å². The van der Waals surface area contributed by atoms with E-state index in [1.165, 1.54) is 11.1 Å². The number of carboxylic acids is 1. The molecule has 0 aliphatic carbocycles. The van der Waals surface area contributed by atoms with Gasteiger partial charge in [0.2, 0.25) is 0 Å². The third-order valence-electron chi connectivity index (χ3n) is 4.62. The lowest BCUT2D eigenvalue weighted by atomic mass is 9.88. The Morgan fingerprint density at radius 2 is 1.93 bits per heavy atom. The standard InChI is InChI=1S/C18H23NO2.C2HF3O2/c1-20-18-7-9-19(12-16-8-10-21-14-16)13-17(18)11-15-5-3-2-4-6-15;3-2(4,5)1(6)7/h2-6,8,10,14,17-18H,7,9,11-13H2,1H3;(H,6,7)/t17-,18-;/m0./s1. The number of hydrogen-bond donors (Lipinski definition) is 1. The molecule has 1 aromatic carbocycles. The summed E-state index contributed by atoms with van der Waals surface area (Å²) in [6, 6.07) is 12.8. The van der Waals surface area contributed by atoms with Crippen LogP contribution >= 0.6 is 0 Å². The van der Waals surface area contributed by atoms with Gasteiger partial charge in [-0.05, 0) is 24.5 Å². The third kappa shape index (κ3) is 7.01. The molecule has 28 heavy (non-hydrogen) atoms. The molecule has 8 heteroatoms. The van der Waals surface area contributed by atoms with Crippen LogP contribution in [0.2, 0.25) is 0 Å². The summed E-state index contributed by atoms with van der Waals surface area (Å²) in [6.07, 6.45) is 1.06. The Bertz CT molecular complexity index is 704. The van der Waals surface area contributed by atoms with Crippen molar-refractivity contribution in [2.24, 2.45) is 5.92 Å². The number of alkyl halides is 3. The van der Waals surface area contributed by atoms with Crippen LogP contribution in [0.1, 0.15) is 17.5 Å². The number of likely N-dealkylation sites (tertiary alicyclic amines) is 1. The highest BCUT2D eigenvalue weighted by molar-refractivity contribution is 5.73. The average Bonchev–Trinajstić information content (AvgIpc) is 3.16. The van der Waals surface area contributed by atoms with Crippen LogP contribution in [0.25, 0.3) is 0 Å². The lowest BCUT2D eigenvalue weighted by molar-refractivity contribution is -0.192. The van der Waals surface area contributed by atoms with E-state index < -0.39 is 12.1 Å². The fraction of sp³-hybridized carbons (Fsp3) is 0.450. The van der Waals surface area contributed by atoms with Gasteiger partial charge in [-0.25, -0.2) is 4.79 Å². The average molecular weight is 399 g/mol. The third-order valence-corrected chi connectivity index (χ3v) is 4.62. The van der Waals surface area contributed by atoms with Gasteiger partial charge in [-0.3, -0.25) is 4.90 Å². The highest BCUT2D eigenvalue weighted by Gasteiger charge is 2.38. The van der Waals surface area contributed by atoms with Crippen molar-refractivity contribution < 1.29 is 32.2 Å². The van der Waals surface area contributed by atoms with Gasteiger partial charge in [0.25, 0.3) is 0 Å². The van der Waals surface area contributed by atoms with E-state index >= 15 is 0 Å². The summed E-state index contributed by atoms with van der Waals surface area (Å²) in [6.45, 7) is 3.14. The molecule has 2 aromatic rings. The lowest BCUT2D eigenvalue weighted by Gasteiger charge is -2.38. The van der Waals surface area contributed by atoms with Gasteiger partial charge in [0.05, 0.1) is 18.6 Å². The first-order valence-electron chi connectivity index (χ1n) is 8.90. The first-order chi connectivity index (χ1) is 13.3. The molecule has 3 rings (SSSR count). The van der Waals surface area contributed by atoms with Crippen molar-refractivity contribution in [2.75, 3.05) is 20.2 Å². The number of piperidine rings is 1. The molecule has 1 aliphatic rings. The molecule has 1 aliphatic heterocycles. The summed E-state index contributed by atoms with van der Waals surface area (Å²) in [7, 11) is 1.84. The number of ether oxygens (including phenoxy) is 1. The number of carbonyl (C=O) groups is 1. The second-order valence-corrected chi connectivity index (χ2v) is 6.68. The minimum atomic E-state index is -5.08. The second kappa shape index (κ2) is 10.3. The largest absolute Gasteiger partial charge is 0.490 e. The first kappa shape index (κ1) is 22.0. The topological polar surface area (TPSA) is 62.9 Å². The minimum absolute atomic E-state index is 0.366. The predicted octanol–water partition coefficient (Wildman–Crippen LogP) is 3.99. The maximum Gasteiger partial charge on any atom is 0.490 e. The second-order valence-electron chi connectivity index (χ2n) is 6.68. The normalized spacial score (nSPS) is 20.3. The van der Waals surface area contributed by atoms with E-state index in [9.17, 15) is 13.2 Å². The molecule has 1 aromatic heterocycles. The smallest absolute Gasteiger partial charge is 0.475 e. The summed E-state index contributed by atoms with van der Waals surface area (Å²) in [4.78, 5) is 11.4. The highest BCUT2D eigenvalue weighted by Crippen LogP contribution is 2.25. The van der Waals surface area contributed by atoms with Crippen molar-refractivity contribution >= 4 is 5.97 Å². The van der Waals surface area contributed by atoms with Crippen molar-refractivity contribution in [3.8, 4) is 0 Å². The quantitative estimate of drug-likeness (QED) is 0.824. The molecule has 1 fully saturated rings. The maximum absolute atomic E-state index is 10.6. The van der Waals surface area contributed by atoms with Crippen molar-refractivity contribution in [3.63, 3.8) is 0 Å². The van der Waals surface area contributed by atoms with Crippen LogP contribution in [0.3, 0.4) is 0 Å². The van der Waals surface area contributed by atoms with Gasteiger partial charge in [0.1, 0.15) is 0 Å². The van der Waals surface area contributed by atoms with Gasteiger partial charge in [-0.1, -0.05) is 30.3 Å². The Kier molecular flexibility index (Phi) is 8.07. The van der Waals surface area contributed by atoms with Crippen LogP contribution < -0.4 is 0 Å². The number of rotatable bonds is 5. The van der Waals surface area contributed by atoms with Crippen molar-refractivity contribution in [2.45, 2.75) is 31.7 Å². The van der Waals surface area contributed by atoms with Crippen LogP contribution in [-0.2, 0) is 22.5 Å². The van der Waals surface area contributed by atoms with E-state index in [0.29, 0.717) is 12.0 Å². The summed E-state index contributed by atoms with van der Waals surface area (Å²) < 4.78 is 42.6. The molecule has 2 atom stereocenters. The monoisotopic (exact) mass is 399 g/mol. The van der Waals surface area contributed by atoms with E-state index in [1.54, 1.807) is 6.26 Å². The molecular formula is C20H24F3NO4. The Labute approximate surface area is 161 Å². The van der Waals surface area contributed by atoms with E-state index in [0.717, 1.165) is 32.5 Å². The Morgan fingerprint density at radius 3 is 2.46 bits per heavy atom. The summed E-state index contributed by atoms with van der Waals surface area (Å²) in [5, 5.41) is 7.12. The van der Waals surface area contributed by atoms with E-state index in [-0.39, 0.29) is 0 Å². The molecule has 0 saturated carbocycles. The van der Waals surface area contributed by atoms with Crippen LogP contribution in [0.15, 0.2) is 53.3 Å². The van der Waals surface area contributed by atoms with Crippen molar-refractivity contribution in [1.82, 2.24) is 4.90 Å². The number of methoxy groups -OCH3 is 1. The van der Waals surface area contributed by atoms with Crippen molar-refractivity contribution in [1.29, 1.82) is 0 Å². The van der Waals surface area contributed by atoms with Gasteiger partial charge < -0.3 is 14.3 Å². The minimum Gasteiger partial charge on any atom is -0.475 e. The maximum atomic E-state index is 10.6. The van der Waals surface area contributed by atoms with Crippen LogP contribution in [0, 0.1) is 5.92 Å². The lowest BCUT2D eigenvalue weighted by Crippen LogP contribution is -2.44.